The molecule has 3 rings (SSSR count). The van der Waals surface area contributed by atoms with Crippen molar-refractivity contribution in [3.63, 3.8) is 0 Å². The third-order valence-electron chi connectivity index (χ3n) is 4.55. The minimum absolute atomic E-state index is 0.0283. The smallest absolute Gasteiger partial charge is 0.332 e. The van der Waals surface area contributed by atoms with E-state index in [0.717, 1.165) is 25.9 Å². The fraction of sp³-hybridized carbons (Fsp3) is 0.263. The van der Waals surface area contributed by atoms with Gasteiger partial charge in [-0.05, 0) is 31.0 Å². The first-order valence-electron chi connectivity index (χ1n) is 8.54. The van der Waals surface area contributed by atoms with Crippen molar-refractivity contribution in [2.45, 2.75) is 19.0 Å². The van der Waals surface area contributed by atoms with Crippen LogP contribution in [0.25, 0.3) is 5.69 Å². The second kappa shape index (κ2) is 7.51. The van der Waals surface area contributed by atoms with E-state index in [-0.39, 0.29) is 17.1 Å². The maximum Gasteiger partial charge on any atom is 0.332 e. The van der Waals surface area contributed by atoms with Gasteiger partial charge in [0.25, 0.3) is 5.56 Å². The van der Waals surface area contributed by atoms with Gasteiger partial charge in [0.2, 0.25) is 0 Å². The Kier molecular flexibility index (Phi) is 5.28. The van der Waals surface area contributed by atoms with Crippen molar-refractivity contribution >= 4 is 23.4 Å². The van der Waals surface area contributed by atoms with E-state index in [1.54, 1.807) is 6.20 Å². The highest BCUT2D eigenvalue weighted by Crippen LogP contribution is 2.24. The number of nitrogens with zero attached hydrogens (tertiary/aromatic N) is 4. The average molecular weight is 399 g/mol. The fourth-order valence-electron chi connectivity index (χ4n) is 2.88. The summed E-state index contributed by atoms with van der Waals surface area (Å²) in [7, 11) is 2.75. The van der Waals surface area contributed by atoms with E-state index in [1.807, 2.05) is 42.8 Å². The minimum Gasteiger partial charge on any atom is -0.384 e. The Labute approximate surface area is 165 Å². The number of aromatic nitrogens is 4. The molecule has 0 fully saturated rings. The lowest BCUT2D eigenvalue weighted by molar-refractivity contribution is 0.102. The fourth-order valence-corrected chi connectivity index (χ4v) is 3.72. The van der Waals surface area contributed by atoms with Gasteiger partial charge < -0.3 is 5.73 Å². The molecule has 28 heavy (non-hydrogen) atoms. The van der Waals surface area contributed by atoms with Crippen LogP contribution in [0.5, 0.6) is 0 Å². The van der Waals surface area contributed by atoms with Crippen LogP contribution >= 0.6 is 11.8 Å². The van der Waals surface area contributed by atoms with Crippen molar-refractivity contribution in [1.82, 2.24) is 18.7 Å². The molecule has 1 aromatic carbocycles. The topological polar surface area (TPSA) is 105 Å². The van der Waals surface area contributed by atoms with Gasteiger partial charge in [0, 0.05) is 26.5 Å². The zero-order chi connectivity index (χ0) is 20.6. The van der Waals surface area contributed by atoms with Crippen LogP contribution in [0.15, 0.2) is 45.3 Å². The molecule has 0 spiro atoms. The molecule has 0 aliphatic carbocycles. The second-order valence-corrected chi connectivity index (χ2v) is 7.49. The highest BCUT2D eigenvalue weighted by atomic mass is 32.2. The van der Waals surface area contributed by atoms with Gasteiger partial charge in [-0.25, -0.2) is 9.78 Å². The maximum atomic E-state index is 12.7. The third kappa shape index (κ3) is 3.40. The standard InChI is InChI=1S/C19H21N5O3S/c1-11-5-6-12(2)13(9-11)24-8-7-21-18(24)28-10-14(25)15-16(20)22(3)19(27)23(4)17(15)26/h5-9H,10,20H2,1-4H3. The van der Waals surface area contributed by atoms with Gasteiger partial charge in [-0.3, -0.25) is 23.3 Å². The summed E-state index contributed by atoms with van der Waals surface area (Å²) in [5.41, 5.74) is 7.59. The van der Waals surface area contributed by atoms with E-state index in [0.29, 0.717) is 5.16 Å². The van der Waals surface area contributed by atoms with Crippen molar-refractivity contribution in [2.24, 2.45) is 14.1 Å². The maximum absolute atomic E-state index is 12.7. The normalized spacial score (nSPS) is 11.0. The van der Waals surface area contributed by atoms with Crippen molar-refractivity contribution in [3.8, 4) is 5.69 Å². The molecule has 0 unspecified atom stereocenters. The van der Waals surface area contributed by atoms with Gasteiger partial charge in [-0.15, -0.1) is 0 Å². The van der Waals surface area contributed by atoms with Crippen LogP contribution in [0.3, 0.4) is 0 Å². The number of carbonyl (C=O) groups is 1. The number of Topliss-reactive ketones (excluding diaryl/α,β-unsaturated/α-hetero) is 1. The Morgan fingerprint density at radius 2 is 1.89 bits per heavy atom. The summed E-state index contributed by atoms with van der Waals surface area (Å²) >= 11 is 1.21. The molecule has 0 bridgehead atoms. The van der Waals surface area contributed by atoms with Gasteiger partial charge >= 0.3 is 5.69 Å². The number of aryl methyl sites for hydroxylation is 2. The third-order valence-corrected chi connectivity index (χ3v) is 5.52. The molecule has 9 heteroatoms. The molecule has 2 heterocycles. The molecule has 0 saturated heterocycles. The Balaban J connectivity index is 1.91. The van der Waals surface area contributed by atoms with E-state index in [4.69, 9.17) is 5.73 Å². The summed E-state index contributed by atoms with van der Waals surface area (Å²) in [5.74, 6) is -0.606. The zero-order valence-electron chi connectivity index (χ0n) is 16.1. The highest BCUT2D eigenvalue weighted by molar-refractivity contribution is 7.99. The predicted molar refractivity (Wildman–Crippen MR) is 109 cm³/mol. The van der Waals surface area contributed by atoms with E-state index in [2.05, 4.69) is 4.98 Å². The number of hydrogen-bond acceptors (Lipinski definition) is 6. The van der Waals surface area contributed by atoms with E-state index in [1.165, 1.54) is 25.9 Å². The molecule has 146 valence electrons. The molecule has 0 atom stereocenters. The summed E-state index contributed by atoms with van der Waals surface area (Å²) in [6, 6.07) is 6.10. The summed E-state index contributed by atoms with van der Waals surface area (Å²) in [6.45, 7) is 4.01. The SMILES string of the molecule is Cc1ccc(C)c(-n2ccnc2SCC(=O)c2c(N)n(C)c(=O)n(C)c2=O)c1. The molecule has 3 aromatic rings. The van der Waals surface area contributed by atoms with Gasteiger partial charge in [0.05, 0.1) is 11.4 Å². The van der Waals surface area contributed by atoms with Crippen molar-refractivity contribution in [3.05, 3.63) is 68.1 Å². The quantitative estimate of drug-likeness (QED) is 0.514. The summed E-state index contributed by atoms with van der Waals surface area (Å²) in [5, 5.41) is 0.627. The molecule has 0 radical (unpaired) electrons. The van der Waals surface area contributed by atoms with Gasteiger partial charge in [0.15, 0.2) is 10.9 Å². The van der Waals surface area contributed by atoms with Gasteiger partial charge in [-0.1, -0.05) is 23.9 Å². The Hall–Kier alpha value is -3.07. The first kappa shape index (κ1) is 19.7. The van der Waals surface area contributed by atoms with Crippen LogP contribution in [0.2, 0.25) is 0 Å². The molecule has 0 amide bonds. The Morgan fingerprint density at radius 1 is 1.18 bits per heavy atom. The number of nitrogen functional groups attached to an aromatic ring is 1. The lowest BCUT2D eigenvalue weighted by atomic mass is 10.1. The molecule has 2 N–H and O–H groups in total. The van der Waals surface area contributed by atoms with Crippen LogP contribution in [-0.4, -0.2) is 30.2 Å². The molecule has 0 aliphatic rings. The Bertz CT molecular complexity index is 1190. The monoisotopic (exact) mass is 399 g/mol. The summed E-state index contributed by atoms with van der Waals surface area (Å²) in [4.78, 5) is 41.3. The van der Waals surface area contributed by atoms with Crippen LogP contribution < -0.4 is 17.0 Å². The molecular weight excluding hydrogens is 378 g/mol. The van der Waals surface area contributed by atoms with E-state index < -0.39 is 17.0 Å². The largest absolute Gasteiger partial charge is 0.384 e. The number of thioether (sulfide) groups is 1. The van der Waals surface area contributed by atoms with E-state index in [9.17, 15) is 14.4 Å². The van der Waals surface area contributed by atoms with Crippen LogP contribution in [-0.2, 0) is 14.1 Å². The minimum atomic E-state index is -0.691. The number of imidazole rings is 1. The Morgan fingerprint density at radius 3 is 2.61 bits per heavy atom. The first-order chi connectivity index (χ1) is 13.2. The zero-order valence-corrected chi connectivity index (χ0v) is 16.9. The molecule has 0 aliphatic heterocycles. The lowest BCUT2D eigenvalue weighted by Gasteiger charge is -2.12. The lowest BCUT2D eigenvalue weighted by Crippen LogP contribution is -2.41. The second-order valence-electron chi connectivity index (χ2n) is 6.55. The number of nitrogens with two attached hydrogens (primary N) is 1. The molecular formula is C19H21N5O3S. The highest BCUT2D eigenvalue weighted by Gasteiger charge is 2.21. The predicted octanol–water partition coefficient (Wildman–Crippen LogP) is 1.44. The number of ketones is 1. The van der Waals surface area contributed by atoms with Gasteiger partial charge in [-0.2, -0.15) is 0 Å². The van der Waals surface area contributed by atoms with Crippen LogP contribution in [0.1, 0.15) is 21.5 Å². The summed E-state index contributed by atoms with van der Waals surface area (Å²) < 4.78 is 3.88. The van der Waals surface area contributed by atoms with Crippen LogP contribution in [0, 0.1) is 13.8 Å². The number of carbonyl (C=O) groups excluding carboxylic acids is 1. The number of anilines is 1. The first-order valence-corrected chi connectivity index (χ1v) is 9.53. The van der Waals surface area contributed by atoms with Crippen molar-refractivity contribution < 1.29 is 4.79 Å². The van der Waals surface area contributed by atoms with Gasteiger partial charge in [0.1, 0.15) is 11.4 Å². The number of hydrogen-bond donors (Lipinski definition) is 1. The molecule has 8 nitrogen and oxygen atoms in total. The number of benzene rings is 1. The van der Waals surface area contributed by atoms with Crippen molar-refractivity contribution in [1.29, 1.82) is 0 Å². The van der Waals surface area contributed by atoms with E-state index >= 15 is 0 Å². The van der Waals surface area contributed by atoms with Crippen molar-refractivity contribution in [2.75, 3.05) is 11.5 Å². The average Bonchev–Trinajstić information content (AvgIpc) is 3.13. The summed E-state index contributed by atoms with van der Waals surface area (Å²) in [6.07, 6.45) is 3.49. The molecule has 2 aromatic heterocycles. The van der Waals surface area contributed by atoms with Crippen LogP contribution in [0.4, 0.5) is 5.82 Å². The molecule has 0 saturated carbocycles. The number of rotatable bonds is 5.